The second-order valence-corrected chi connectivity index (χ2v) is 9.29. The van der Waals surface area contributed by atoms with Crippen LogP contribution in [-0.2, 0) is 11.8 Å². The number of amides is 1. The third-order valence-electron chi connectivity index (χ3n) is 6.18. The van der Waals surface area contributed by atoms with Gasteiger partial charge >= 0.3 is 0 Å². The summed E-state index contributed by atoms with van der Waals surface area (Å²) < 4.78 is 4.81. The molecule has 10 heteroatoms. The Morgan fingerprint density at radius 3 is 2.62 bits per heavy atom. The van der Waals surface area contributed by atoms with Crippen LogP contribution in [0.5, 0.6) is 0 Å². The first-order valence-electron chi connectivity index (χ1n) is 11.0. The Balaban J connectivity index is 1.51. The van der Waals surface area contributed by atoms with Crippen LogP contribution in [0.2, 0.25) is 0 Å². The number of benzene rings is 1. The molecule has 0 bridgehead atoms. The van der Waals surface area contributed by atoms with Crippen LogP contribution in [0.4, 0.5) is 0 Å². The van der Waals surface area contributed by atoms with Crippen LogP contribution in [0, 0.1) is 12.8 Å². The number of nitrogens with zero attached hydrogens (tertiary/aromatic N) is 7. The van der Waals surface area contributed by atoms with Crippen molar-refractivity contribution < 1.29 is 4.79 Å². The van der Waals surface area contributed by atoms with E-state index in [1.165, 1.54) is 48.5 Å². The molecule has 0 N–H and O–H groups in total. The molecule has 1 amide bonds. The topological polar surface area (TPSA) is 90.8 Å². The lowest BCUT2D eigenvalue weighted by Gasteiger charge is -2.27. The Bertz CT molecular complexity index is 1130. The molecule has 1 aromatic carbocycles. The smallest absolute Gasteiger partial charge is 0.297 e. The van der Waals surface area contributed by atoms with E-state index in [2.05, 4.69) is 15.5 Å². The van der Waals surface area contributed by atoms with E-state index in [9.17, 15) is 9.59 Å². The molecule has 4 rings (SSSR count). The summed E-state index contributed by atoms with van der Waals surface area (Å²) in [5.74, 6) is 0.862. The number of para-hydroxylation sites is 1. The Morgan fingerprint density at radius 2 is 1.91 bits per heavy atom. The molecule has 0 saturated heterocycles. The largest absolute Gasteiger partial charge is 0.345 e. The fraction of sp³-hybridized carbons (Fsp3) is 0.500. The van der Waals surface area contributed by atoms with Gasteiger partial charge in [0.2, 0.25) is 11.1 Å². The normalized spacial score (nSPS) is 14.6. The van der Waals surface area contributed by atoms with Gasteiger partial charge in [-0.2, -0.15) is 4.68 Å². The predicted octanol–water partition coefficient (Wildman–Crippen LogP) is 2.59. The Kier molecular flexibility index (Phi) is 6.78. The summed E-state index contributed by atoms with van der Waals surface area (Å²) in [7, 11) is 3.69. The van der Waals surface area contributed by atoms with Crippen LogP contribution in [-0.4, -0.2) is 59.7 Å². The van der Waals surface area contributed by atoms with Crippen LogP contribution >= 0.6 is 11.8 Å². The summed E-state index contributed by atoms with van der Waals surface area (Å²) in [4.78, 5) is 27.8. The minimum Gasteiger partial charge on any atom is -0.345 e. The molecular formula is C22H29N7O2S. The van der Waals surface area contributed by atoms with Crippen molar-refractivity contribution in [2.24, 2.45) is 13.0 Å². The number of carbonyl (C=O) groups is 1. The van der Waals surface area contributed by atoms with Crippen molar-refractivity contribution in [2.45, 2.75) is 44.2 Å². The van der Waals surface area contributed by atoms with Gasteiger partial charge in [0, 0.05) is 20.6 Å². The molecule has 170 valence electrons. The van der Waals surface area contributed by atoms with Crippen molar-refractivity contribution in [3.8, 4) is 11.4 Å². The van der Waals surface area contributed by atoms with Crippen LogP contribution in [0.3, 0.4) is 0 Å². The van der Waals surface area contributed by atoms with Crippen molar-refractivity contribution in [1.82, 2.24) is 34.5 Å². The van der Waals surface area contributed by atoms with Crippen molar-refractivity contribution in [3.63, 3.8) is 0 Å². The lowest BCUT2D eigenvalue weighted by atomic mass is 9.89. The van der Waals surface area contributed by atoms with E-state index in [0.717, 1.165) is 17.9 Å². The highest BCUT2D eigenvalue weighted by molar-refractivity contribution is 7.99. The average Bonchev–Trinajstić information content (AvgIpc) is 3.35. The summed E-state index contributed by atoms with van der Waals surface area (Å²) >= 11 is 1.25. The molecule has 2 aromatic heterocycles. The van der Waals surface area contributed by atoms with Gasteiger partial charge in [0.15, 0.2) is 5.69 Å². The molecule has 0 spiro atoms. The summed E-state index contributed by atoms with van der Waals surface area (Å²) in [6.45, 7) is 2.65. The highest BCUT2D eigenvalue weighted by Crippen LogP contribution is 2.25. The lowest BCUT2D eigenvalue weighted by Crippen LogP contribution is -2.33. The molecule has 1 aliphatic rings. The third kappa shape index (κ3) is 4.50. The minimum atomic E-state index is -0.217. The van der Waals surface area contributed by atoms with E-state index in [4.69, 9.17) is 0 Å². The van der Waals surface area contributed by atoms with Crippen LogP contribution in [0.1, 0.15) is 37.8 Å². The molecule has 0 unspecified atom stereocenters. The number of thioether (sulfide) groups is 1. The highest BCUT2D eigenvalue weighted by Gasteiger charge is 2.23. The van der Waals surface area contributed by atoms with Gasteiger partial charge in [0.25, 0.3) is 5.56 Å². The van der Waals surface area contributed by atoms with Crippen molar-refractivity contribution in [1.29, 1.82) is 0 Å². The van der Waals surface area contributed by atoms with Crippen LogP contribution < -0.4 is 5.56 Å². The van der Waals surface area contributed by atoms with Gasteiger partial charge in [-0.25, -0.2) is 4.68 Å². The van der Waals surface area contributed by atoms with Crippen molar-refractivity contribution in [2.75, 3.05) is 19.3 Å². The zero-order chi connectivity index (χ0) is 22.7. The quantitative estimate of drug-likeness (QED) is 0.509. The number of carbonyl (C=O) groups excluding carboxylic acids is 1. The van der Waals surface area contributed by atoms with Gasteiger partial charge in [0.1, 0.15) is 0 Å². The molecular weight excluding hydrogens is 426 g/mol. The third-order valence-corrected chi connectivity index (χ3v) is 7.09. The first-order valence-corrected chi connectivity index (χ1v) is 12.0. The maximum atomic E-state index is 13.3. The van der Waals surface area contributed by atoms with Gasteiger partial charge < -0.3 is 4.90 Å². The molecule has 1 aliphatic carbocycles. The number of hydrogen-bond donors (Lipinski definition) is 0. The number of rotatable bonds is 7. The Labute approximate surface area is 191 Å². The Morgan fingerprint density at radius 1 is 1.19 bits per heavy atom. The second kappa shape index (κ2) is 9.72. The Hall–Kier alpha value is -2.88. The van der Waals surface area contributed by atoms with Gasteiger partial charge in [0.05, 0.1) is 17.1 Å². The molecule has 0 atom stereocenters. The molecule has 3 aromatic rings. The van der Waals surface area contributed by atoms with Crippen molar-refractivity contribution in [3.05, 3.63) is 46.4 Å². The van der Waals surface area contributed by atoms with Crippen LogP contribution in [0.25, 0.3) is 11.4 Å². The summed E-state index contributed by atoms with van der Waals surface area (Å²) in [5.41, 5.74) is 1.66. The zero-order valence-corrected chi connectivity index (χ0v) is 19.6. The molecule has 2 heterocycles. The van der Waals surface area contributed by atoms with E-state index in [-0.39, 0.29) is 17.2 Å². The lowest BCUT2D eigenvalue weighted by molar-refractivity contribution is -0.127. The second-order valence-electron chi connectivity index (χ2n) is 8.35. The monoisotopic (exact) mass is 455 g/mol. The molecule has 9 nitrogen and oxygen atoms in total. The maximum absolute atomic E-state index is 13.3. The first kappa shape index (κ1) is 22.3. The average molecular weight is 456 g/mol. The van der Waals surface area contributed by atoms with Gasteiger partial charge in [-0.15, -0.1) is 5.10 Å². The minimum absolute atomic E-state index is 0.0432. The van der Waals surface area contributed by atoms with E-state index >= 15 is 0 Å². The molecule has 0 aliphatic heterocycles. The molecule has 0 radical (unpaired) electrons. The molecule has 1 fully saturated rings. The SMILES string of the molecule is Cc1c(-n2nnnc2SCC(=O)N(C)CC2CCCCC2)c(=O)n(-c2ccccc2)n1C. The number of tetrazole rings is 1. The number of hydrogen-bond acceptors (Lipinski definition) is 6. The summed E-state index contributed by atoms with van der Waals surface area (Å²) in [6, 6.07) is 9.43. The fourth-order valence-electron chi connectivity index (χ4n) is 4.30. The summed E-state index contributed by atoms with van der Waals surface area (Å²) in [5, 5.41) is 12.3. The van der Waals surface area contributed by atoms with E-state index < -0.39 is 0 Å². The van der Waals surface area contributed by atoms with Gasteiger partial charge in [-0.1, -0.05) is 49.2 Å². The number of aromatic nitrogens is 6. The fourth-order valence-corrected chi connectivity index (χ4v) is 5.12. The van der Waals surface area contributed by atoms with E-state index in [1.807, 2.05) is 56.3 Å². The standard InChI is InChI=1S/C22H29N7O2S/c1-16-20(21(31)29(27(16)3)18-12-8-5-9-13-18)28-22(23-24-25-28)32-15-19(30)26(2)14-17-10-6-4-7-11-17/h5,8-9,12-13,17H,4,6-7,10-11,14-15H2,1-3H3. The van der Waals surface area contributed by atoms with Gasteiger partial charge in [-0.05, 0) is 48.2 Å². The predicted molar refractivity (Wildman–Crippen MR) is 123 cm³/mol. The van der Waals surface area contributed by atoms with E-state index in [1.54, 1.807) is 9.36 Å². The van der Waals surface area contributed by atoms with E-state index in [0.29, 0.717) is 16.8 Å². The summed E-state index contributed by atoms with van der Waals surface area (Å²) in [6.07, 6.45) is 6.21. The maximum Gasteiger partial charge on any atom is 0.297 e. The zero-order valence-electron chi connectivity index (χ0n) is 18.8. The molecule has 1 saturated carbocycles. The van der Waals surface area contributed by atoms with Gasteiger partial charge in [-0.3, -0.25) is 14.3 Å². The highest BCUT2D eigenvalue weighted by atomic mass is 32.2. The first-order chi connectivity index (χ1) is 15.5. The molecule has 32 heavy (non-hydrogen) atoms. The van der Waals surface area contributed by atoms with Crippen molar-refractivity contribution >= 4 is 17.7 Å². The van der Waals surface area contributed by atoms with Crippen LogP contribution in [0.15, 0.2) is 40.3 Å².